The second-order valence-corrected chi connectivity index (χ2v) is 6.12. The number of hydrogen-bond acceptors (Lipinski definition) is 3. The molecule has 2 fully saturated rings. The van der Waals surface area contributed by atoms with Gasteiger partial charge in [0, 0.05) is 47.8 Å². The lowest BCUT2D eigenvalue weighted by molar-refractivity contribution is -0.130. The van der Waals surface area contributed by atoms with E-state index in [4.69, 9.17) is 5.73 Å². The lowest BCUT2D eigenvalue weighted by atomic mass is 10.1. The van der Waals surface area contributed by atoms with Crippen molar-refractivity contribution in [1.29, 1.82) is 0 Å². The van der Waals surface area contributed by atoms with E-state index in [1.165, 1.54) is 0 Å². The Hall–Kier alpha value is -1.56. The molecule has 0 saturated carbocycles. The van der Waals surface area contributed by atoms with Gasteiger partial charge in [-0.1, -0.05) is 0 Å². The molecule has 2 aliphatic rings. The Morgan fingerprint density at radius 2 is 2.15 bits per heavy atom. The largest absolute Gasteiger partial charge is 0.398 e. The van der Waals surface area contributed by atoms with Crippen LogP contribution in [0.1, 0.15) is 23.2 Å². The van der Waals surface area contributed by atoms with Crippen LogP contribution in [0.15, 0.2) is 22.7 Å². The minimum absolute atomic E-state index is 0.0109. The number of amides is 2. The van der Waals surface area contributed by atoms with Gasteiger partial charge in [0.1, 0.15) is 0 Å². The van der Waals surface area contributed by atoms with E-state index >= 15 is 0 Å². The fourth-order valence-electron chi connectivity index (χ4n) is 2.91. The molecule has 5 nitrogen and oxygen atoms in total. The number of rotatable bonds is 1. The van der Waals surface area contributed by atoms with Crippen LogP contribution in [0.4, 0.5) is 5.69 Å². The standard InChI is InChI=1S/C14H16BrN3O2/c15-11-3-1-9(7-12(11)16)14(20)17-5-6-18-10(8-17)2-4-13(18)19/h1,3,7,10H,2,4-6,8,16H2. The molecular weight excluding hydrogens is 322 g/mol. The monoisotopic (exact) mass is 337 g/mol. The summed E-state index contributed by atoms with van der Waals surface area (Å²) in [5.41, 5.74) is 6.98. The number of nitrogens with two attached hydrogens (primary N) is 1. The fraction of sp³-hybridized carbons (Fsp3) is 0.429. The summed E-state index contributed by atoms with van der Waals surface area (Å²) >= 11 is 3.32. The highest BCUT2D eigenvalue weighted by Gasteiger charge is 2.37. The highest BCUT2D eigenvalue weighted by molar-refractivity contribution is 9.10. The number of halogens is 1. The number of carbonyl (C=O) groups excluding carboxylic acids is 2. The van der Waals surface area contributed by atoms with Crippen LogP contribution >= 0.6 is 15.9 Å². The second-order valence-electron chi connectivity index (χ2n) is 5.27. The first-order chi connectivity index (χ1) is 9.56. The van der Waals surface area contributed by atoms with Gasteiger partial charge in [-0.3, -0.25) is 9.59 Å². The normalized spacial score (nSPS) is 22.1. The van der Waals surface area contributed by atoms with Crippen LogP contribution in [0.25, 0.3) is 0 Å². The van der Waals surface area contributed by atoms with Crippen molar-refractivity contribution in [2.24, 2.45) is 0 Å². The number of nitrogen functional groups attached to an aromatic ring is 1. The minimum atomic E-state index is -0.0109. The topological polar surface area (TPSA) is 66.6 Å². The summed E-state index contributed by atoms with van der Waals surface area (Å²) in [5, 5.41) is 0. The van der Waals surface area contributed by atoms with Crippen molar-refractivity contribution in [2.45, 2.75) is 18.9 Å². The number of hydrogen-bond donors (Lipinski definition) is 1. The molecular formula is C14H16BrN3O2. The van der Waals surface area contributed by atoms with Crippen molar-refractivity contribution in [3.05, 3.63) is 28.2 Å². The summed E-state index contributed by atoms with van der Waals surface area (Å²) in [6.07, 6.45) is 1.46. The predicted molar refractivity (Wildman–Crippen MR) is 79.2 cm³/mol. The first-order valence-electron chi connectivity index (χ1n) is 6.70. The SMILES string of the molecule is Nc1cc(C(=O)N2CCN3C(=O)CCC3C2)ccc1Br. The van der Waals surface area contributed by atoms with Crippen LogP contribution in [0.3, 0.4) is 0 Å². The molecule has 2 heterocycles. The summed E-state index contributed by atoms with van der Waals surface area (Å²) in [6, 6.07) is 5.44. The average Bonchev–Trinajstić information content (AvgIpc) is 2.82. The molecule has 2 N–H and O–H groups in total. The molecule has 0 aromatic heterocycles. The van der Waals surface area contributed by atoms with E-state index in [-0.39, 0.29) is 17.9 Å². The highest BCUT2D eigenvalue weighted by atomic mass is 79.9. The van der Waals surface area contributed by atoms with Crippen LogP contribution < -0.4 is 5.73 Å². The summed E-state index contributed by atoms with van der Waals surface area (Å²) in [7, 11) is 0. The molecule has 2 saturated heterocycles. The zero-order valence-corrected chi connectivity index (χ0v) is 12.6. The number of benzene rings is 1. The minimum Gasteiger partial charge on any atom is -0.398 e. The van der Waals surface area contributed by atoms with Gasteiger partial charge in [-0.25, -0.2) is 0 Å². The number of carbonyl (C=O) groups is 2. The average molecular weight is 338 g/mol. The molecule has 1 atom stereocenters. The first kappa shape index (κ1) is 13.4. The summed E-state index contributed by atoms with van der Waals surface area (Å²) in [5.74, 6) is 0.207. The van der Waals surface area contributed by atoms with E-state index in [1.54, 1.807) is 18.2 Å². The van der Waals surface area contributed by atoms with E-state index in [0.29, 0.717) is 37.3 Å². The first-order valence-corrected chi connectivity index (χ1v) is 7.49. The summed E-state index contributed by atoms with van der Waals surface area (Å²) < 4.78 is 0.792. The van der Waals surface area contributed by atoms with Gasteiger partial charge in [0.05, 0.1) is 0 Å². The number of anilines is 1. The Labute approximate surface area is 125 Å². The van der Waals surface area contributed by atoms with E-state index in [1.807, 2.05) is 9.80 Å². The van der Waals surface area contributed by atoms with Gasteiger partial charge in [-0.15, -0.1) is 0 Å². The Kier molecular flexibility index (Phi) is 3.41. The molecule has 0 bridgehead atoms. The lowest BCUT2D eigenvalue weighted by Crippen LogP contribution is -2.53. The van der Waals surface area contributed by atoms with Gasteiger partial charge in [0.25, 0.3) is 5.91 Å². The fourth-order valence-corrected chi connectivity index (χ4v) is 3.15. The van der Waals surface area contributed by atoms with Gasteiger partial charge in [0.15, 0.2) is 0 Å². The molecule has 0 radical (unpaired) electrons. The van der Waals surface area contributed by atoms with Crippen molar-refractivity contribution in [3.63, 3.8) is 0 Å². The van der Waals surface area contributed by atoms with Crippen molar-refractivity contribution in [1.82, 2.24) is 9.80 Å². The van der Waals surface area contributed by atoms with Crippen LogP contribution in [0.2, 0.25) is 0 Å². The molecule has 1 aromatic rings. The summed E-state index contributed by atoms with van der Waals surface area (Å²) in [4.78, 5) is 27.8. The van der Waals surface area contributed by atoms with Gasteiger partial charge in [-0.05, 0) is 40.5 Å². The Morgan fingerprint density at radius 1 is 1.35 bits per heavy atom. The number of piperazine rings is 1. The Bertz CT molecular complexity index is 576. The van der Waals surface area contributed by atoms with Crippen molar-refractivity contribution < 1.29 is 9.59 Å². The molecule has 106 valence electrons. The van der Waals surface area contributed by atoms with E-state index in [9.17, 15) is 9.59 Å². The molecule has 1 unspecified atom stereocenters. The maximum atomic E-state index is 12.5. The summed E-state index contributed by atoms with van der Waals surface area (Å²) in [6.45, 7) is 1.86. The van der Waals surface area contributed by atoms with E-state index < -0.39 is 0 Å². The predicted octanol–water partition coefficient (Wildman–Crippen LogP) is 1.48. The lowest BCUT2D eigenvalue weighted by Gasteiger charge is -2.37. The molecule has 2 amide bonds. The zero-order valence-electron chi connectivity index (χ0n) is 11.0. The van der Waals surface area contributed by atoms with Crippen molar-refractivity contribution in [3.8, 4) is 0 Å². The highest BCUT2D eigenvalue weighted by Crippen LogP contribution is 2.25. The van der Waals surface area contributed by atoms with Gasteiger partial charge in [-0.2, -0.15) is 0 Å². The molecule has 3 rings (SSSR count). The quantitative estimate of drug-likeness (QED) is 0.789. The zero-order chi connectivity index (χ0) is 14.3. The number of nitrogens with zero attached hydrogens (tertiary/aromatic N) is 2. The second kappa shape index (κ2) is 5.09. The van der Waals surface area contributed by atoms with Crippen LogP contribution in [-0.2, 0) is 4.79 Å². The molecule has 0 aliphatic carbocycles. The number of fused-ring (bicyclic) bond motifs is 1. The third-order valence-corrected chi connectivity index (χ3v) is 4.75. The maximum absolute atomic E-state index is 12.5. The molecule has 20 heavy (non-hydrogen) atoms. The van der Waals surface area contributed by atoms with Gasteiger partial charge < -0.3 is 15.5 Å². The van der Waals surface area contributed by atoms with Gasteiger partial charge >= 0.3 is 0 Å². The third-order valence-electron chi connectivity index (χ3n) is 4.02. The molecule has 1 aromatic carbocycles. The smallest absolute Gasteiger partial charge is 0.254 e. The third kappa shape index (κ3) is 2.28. The van der Waals surface area contributed by atoms with Crippen molar-refractivity contribution >= 4 is 33.4 Å². The van der Waals surface area contributed by atoms with E-state index in [2.05, 4.69) is 15.9 Å². The Balaban J connectivity index is 1.75. The van der Waals surface area contributed by atoms with E-state index in [0.717, 1.165) is 10.9 Å². The van der Waals surface area contributed by atoms with Crippen LogP contribution in [-0.4, -0.2) is 47.3 Å². The maximum Gasteiger partial charge on any atom is 0.254 e. The van der Waals surface area contributed by atoms with Gasteiger partial charge in [0.2, 0.25) is 5.91 Å². The Morgan fingerprint density at radius 3 is 2.90 bits per heavy atom. The molecule has 2 aliphatic heterocycles. The van der Waals surface area contributed by atoms with Crippen LogP contribution in [0, 0.1) is 0 Å². The van der Waals surface area contributed by atoms with Crippen LogP contribution in [0.5, 0.6) is 0 Å². The molecule has 6 heteroatoms. The molecule has 0 spiro atoms. The van der Waals surface area contributed by atoms with Crippen molar-refractivity contribution in [2.75, 3.05) is 25.4 Å².